The Balaban J connectivity index is 1.77. The van der Waals surface area contributed by atoms with E-state index < -0.39 is 31.0 Å². The third kappa shape index (κ3) is 4.78. The van der Waals surface area contributed by atoms with E-state index in [0.29, 0.717) is 6.54 Å². The Morgan fingerprint density at radius 2 is 1.68 bits per heavy atom. The Kier molecular flexibility index (Phi) is 6.25. The highest BCUT2D eigenvalue weighted by Crippen LogP contribution is 2.27. The highest BCUT2D eigenvalue weighted by molar-refractivity contribution is 7.96. The van der Waals surface area contributed by atoms with Gasteiger partial charge in [-0.25, -0.2) is 16.8 Å². The standard InChI is InChI=1S/C20H32N2O4S2/c1-16-7-9-17(10-8-16)28(25,26)19-14-27(23,24)13-18(19)21-15-20(2,3)22-11-5-4-6-12-22/h7-10,18-19,21H,4-6,11-15H2,1-3H3/t18-,19-/m0/s1. The van der Waals surface area contributed by atoms with Gasteiger partial charge in [0.2, 0.25) is 0 Å². The van der Waals surface area contributed by atoms with Crippen LogP contribution >= 0.6 is 0 Å². The summed E-state index contributed by atoms with van der Waals surface area (Å²) in [4.78, 5) is 2.61. The molecule has 0 aliphatic carbocycles. The van der Waals surface area contributed by atoms with Crippen molar-refractivity contribution < 1.29 is 16.8 Å². The Morgan fingerprint density at radius 1 is 1.07 bits per heavy atom. The second-order valence-corrected chi connectivity index (χ2v) is 13.1. The molecular weight excluding hydrogens is 396 g/mol. The fourth-order valence-corrected chi connectivity index (χ4v) is 8.92. The van der Waals surface area contributed by atoms with Crippen molar-refractivity contribution in [2.45, 2.75) is 61.8 Å². The average molecular weight is 429 g/mol. The van der Waals surface area contributed by atoms with E-state index >= 15 is 0 Å². The molecule has 0 radical (unpaired) electrons. The van der Waals surface area contributed by atoms with Crippen LogP contribution in [0, 0.1) is 6.92 Å². The molecule has 0 amide bonds. The summed E-state index contributed by atoms with van der Waals surface area (Å²) >= 11 is 0. The van der Waals surface area contributed by atoms with Crippen LogP contribution in [0.3, 0.4) is 0 Å². The molecule has 2 heterocycles. The molecule has 8 heteroatoms. The topological polar surface area (TPSA) is 83.5 Å². The molecule has 0 aromatic heterocycles. The minimum absolute atomic E-state index is 0.126. The number of hydrogen-bond acceptors (Lipinski definition) is 6. The maximum atomic E-state index is 13.2. The van der Waals surface area contributed by atoms with Crippen LogP contribution in [0.2, 0.25) is 0 Å². The summed E-state index contributed by atoms with van der Waals surface area (Å²) in [6.07, 6.45) is 3.59. The zero-order valence-corrected chi connectivity index (χ0v) is 18.7. The van der Waals surface area contributed by atoms with E-state index in [1.54, 1.807) is 24.3 Å². The summed E-state index contributed by atoms with van der Waals surface area (Å²) in [5, 5.41) is 2.37. The molecule has 1 aromatic carbocycles. The summed E-state index contributed by atoms with van der Waals surface area (Å²) in [6.45, 7) is 8.79. The number of benzene rings is 1. The maximum absolute atomic E-state index is 13.2. The fourth-order valence-electron chi connectivity index (χ4n) is 4.21. The molecule has 0 saturated carbocycles. The van der Waals surface area contributed by atoms with Crippen LogP contribution in [0.25, 0.3) is 0 Å². The molecule has 0 bridgehead atoms. The molecule has 28 heavy (non-hydrogen) atoms. The van der Waals surface area contributed by atoms with Crippen LogP contribution in [0.15, 0.2) is 29.2 Å². The molecule has 0 unspecified atom stereocenters. The van der Waals surface area contributed by atoms with Crippen LogP contribution in [-0.2, 0) is 19.7 Å². The number of aryl methyl sites for hydroxylation is 1. The van der Waals surface area contributed by atoms with Crippen molar-refractivity contribution in [3.05, 3.63) is 29.8 Å². The molecule has 2 saturated heterocycles. The SMILES string of the molecule is Cc1ccc(S(=O)(=O)[C@H]2CS(=O)(=O)C[C@@H]2NCC(C)(C)N2CCCCC2)cc1. The second-order valence-electron chi connectivity index (χ2n) is 8.82. The van der Waals surface area contributed by atoms with E-state index in [1.807, 2.05) is 6.92 Å². The lowest BCUT2D eigenvalue weighted by Crippen LogP contribution is -2.56. The van der Waals surface area contributed by atoms with Gasteiger partial charge in [-0.3, -0.25) is 4.90 Å². The molecule has 3 rings (SSSR count). The lowest BCUT2D eigenvalue weighted by atomic mass is 9.98. The van der Waals surface area contributed by atoms with E-state index in [1.165, 1.54) is 19.3 Å². The van der Waals surface area contributed by atoms with Gasteiger partial charge in [-0.15, -0.1) is 0 Å². The molecule has 158 valence electrons. The Bertz CT molecular complexity index is 887. The third-order valence-corrected chi connectivity index (χ3v) is 10.2. The van der Waals surface area contributed by atoms with Crippen LogP contribution in [0.4, 0.5) is 0 Å². The fraction of sp³-hybridized carbons (Fsp3) is 0.700. The third-order valence-electron chi connectivity index (χ3n) is 6.06. The molecule has 2 aliphatic heterocycles. The molecule has 2 atom stereocenters. The zero-order valence-electron chi connectivity index (χ0n) is 17.0. The van der Waals surface area contributed by atoms with Crippen molar-refractivity contribution in [2.75, 3.05) is 31.1 Å². The second kappa shape index (κ2) is 8.05. The van der Waals surface area contributed by atoms with Gasteiger partial charge in [0.05, 0.1) is 21.7 Å². The van der Waals surface area contributed by atoms with Crippen molar-refractivity contribution in [3.63, 3.8) is 0 Å². The largest absolute Gasteiger partial charge is 0.310 e. The predicted octanol–water partition coefficient (Wildman–Crippen LogP) is 1.79. The van der Waals surface area contributed by atoms with E-state index in [9.17, 15) is 16.8 Å². The molecular formula is C20H32N2O4S2. The summed E-state index contributed by atoms with van der Waals surface area (Å²) in [6, 6.07) is 6.06. The number of piperidine rings is 1. The first kappa shape index (κ1) is 21.7. The quantitative estimate of drug-likeness (QED) is 0.744. The molecule has 6 nitrogen and oxygen atoms in total. The minimum Gasteiger partial charge on any atom is -0.310 e. The van der Waals surface area contributed by atoms with Gasteiger partial charge in [-0.2, -0.15) is 0 Å². The van der Waals surface area contributed by atoms with Crippen LogP contribution in [0.5, 0.6) is 0 Å². The number of nitrogens with one attached hydrogen (secondary N) is 1. The van der Waals surface area contributed by atoms with Crippen molar-refractivity contribution in [1.82, 2.24) is 10.2 Å². The van der Waals surface area contributed by atoms with Gasteiger partial charge in [0.25, 0.3) is 0 Å². The Labute approximate surface area is 169 Å². The number of sulfone groups is 2. The van der Waals surface area contributed by atoms with Gasteiger partial charge in [-0.05, 0) is 58.8 Å². The van der Waals surface area contributed by atoms with Gasteiger partial charge in [0.1, 0.15) is 0 Å². The van der Waals surface area contributed by atoms with Crippen molar-refractivity contribution >= 4 is 19.7 Å². The number of hydrogen-bond donors (Lipinski definition) is 1. The Hall–Kier alpha value is -0.960. The lowest BCUT2D eigenvalue weighted by molar-refractivity contribution is 0.0925. The van der Waals surface area contributed by atoms with Crippen LogP contribution in [0.1, 0.15) is 38.7 Å². The van der Waals surface area contributed by atoms with E-state index in [4.69, 9.17) is 0 Å². The van der Waals surface area contributed by atoms with Crippen LogP contribution in [-0.4, -0.2) is 69.7 Å². The first-order valence-corrected chi connectivity index (χ1v) is 13.4. The first-order valence-electron chi connectivity index (χ1n) is 10.0. The van der Waals surface area contributed by atoms with Crippen LogP contribution < -0.4 is 5.32 Å². The summed E-state index contributed by atoms with van der Waals surface area (Å²) < 4.78 is 50.9. The average Bonchev–Trinajstić information content (AvgIpc) is 2.97. The van der Waals surface area contributed by atoms with Gasteiger partial charge in [-0.1, -0.05) is 24.1 Å². The molecule has 1 N–H and O–H groups in total. The summed E-state index contributed by atoms with van der Waals surface area (Å²) in [7, 11) is -7.12. The van der Waals surface area contributed by atoms with E-state index in [-0.39, 0.29) is 21.9 Å². The monoisotopic (exact) mass is 428 g/mol. The van der Waals surface area contributed by atoms with Gasteiger partial charge >= 0.3 is 0 Å². The molecule has 1 aromatic rings. The minimum atomic E-state index is -3.72. The number of likely N-dealkylation sites (tertiary alicyclic amines) is 1. The van der Waals surface area contributed by atoms with Gasteiger partial charge in [0.15, 0.2) is 19.7 Å². The smallest absolute Gasteiger partial charge is 0.183 e. The zero-order chi connectivity index (χ0) is 20.6. The van der Waals surface area contributed by atoms with Gasteiger partial charge < -0.3 is 5.32 Å². The lowest BCUT2D eigenvalue weighted by Gasteiger charge is -2.42. The molecule has 2 aliphatic rings. The summed E-state index contributed by atoms with van der Waals surface area (Å²) in [5.74, 6) is -0.441. The Morgan fingerprint density at radius 3 is 2.29 bits per heavy atom. The van der Waals surface area contributed by atoms with Crippen molar-refractivity contribution in [3.8, 4) is 0 Å². The highest BCUT2D eigenvalue weighted by atomic mass is 32.2. The molecule has 2 fully saturated rings. The number of nitrogens with zero attached hydrogens (tertiary/aromatic N) is 1. The normalized spacial score (nSPS) is 26.4. The van der Waals surface area contributed by atoms with Crippen molar-refractivity contribution in [2.24, 2.45) is 0 Å². The van der Waals surface area contributed by atoms with Gasteiger partial charge in [0, 0.05) is 18.1 Å². The maximum Gasteiger partial charge on any atom is 0.183 e. The van der Waals surface area contributed by atoms with Crippen molar-refractivity contribution in [1.29, 1.82) is 0 Å². The summed E-state index contributed by atoms with van der Waals surface area (Å²) in [5.41, 5.74) is 0.821. The number of rotatable bonds is 6. The molecule has 0 spiro atoms. The van der Waals surface area contributed by atoms with E-state index in [0.717, 1.165) is 18.7 Å². The predicted molar refractivity (Wildman–Crippen MR) is 112 cm³/mol. The van der Waals surface area contributed by atoms with E-state index in [2.05, 4.69) is 24.1 Å². The first-order chi connectivity index (χ1) is 13.0. The highest BCUT2D eigenvalue weighted by Gasteiger charge is 2.46.